The number of benzene rings is 2. The van der Waals surface area contributed by atoms with Crippen molar-refractivity contribution in [1.82, 2.24) is 0 Å². The first kappa shape index (κ1) is 29.9. The van der Waals surface area contributed by atoms with Crippen LogP contribution in [0.3, 0.4) is 0 Å². The van der Waals surface area contributed by atoms with Gasteiger partial charge in [0.25, 0.3) is 0 Å². The number of aryl methyl sites for hydroxylation is 1. The Morgan fingerprint density at radius 1 is 0.805 bits per heavy atom. The summed E-state index contributed by atoms with van der Waals surface area (Å²) in [7, 11) is 0. The number of rotatable bonds is 7. The molecule has 0 radical (unpaired) electrons. The second-order valence-electron chi connectivity index (χ2n) is 15.5. The molecule has 1 spiro atoms. The molecule has 2 aromatic carbocycles. The molecule has 4 nitrogen and oxygen atoms in total. The molecule has 3 aliphatic heterocycles. The molecule has 3 heterocycles. The van der Waals surface area contributed by atoms with Gasteiger partial charge in [0, 0.05) is 19.4 Å². The van der Waals surface area contributed by atoms with Gasteiger partial charge in [0.15, 0.2) is 23.9 Å². The van der Waals surface area contributed by atoms with Crippen molar-refractivity contribution in [2.24, 2.45) is 0 Å². The van der Waals surface area contributed by atoms with E-state index in [4.69, 9.17) is 9.47 Å². The van der Waals surface area contributed by atoms with Crippen molar-refractivity contribution < 1.29 is 18.6 Å². The van der Waals surface area contributed by atoms with Crippen LogP contribution in [0.5, 0.6) is 11.5 Å². The molecule has 1 unspecified atom stereocenters. The predicted molar refractivity (Wildman–Crippen MR) is 171 cm³/mol. The highest BCUT2D eigenvalue weighted by atomic mass is 16.7. The predicted octanol–water partition coefficient (Wildman–Crippen LogP) is 8.81. The van der Waals surface area contributed by atoms with Gasteiger partial charge in [0.2, 0.25) is 12.1 Å². The van der Waals surface area contributed by atoms with Crippen molar-refractivity contribution in [3.8, 4) is 11.5 Å². The van der Waals surface area contributed by atoms with E-state index in [0.717, 1.165) is 23.6 Å². The van der Waals surface area contributed by atoms with Crippen molar-refractivity contribution in [3.05, 3.63) is 57.6 Å². The van der Waals surface area contributed by atoms with E-state index < -0.39 is 6.03 Å². The van der Waals surface area contributed by atoms with Gasteiger partial charge >= 0.3 is 6.03 Å². The van der Waals surface area contributed by atoms with Crippen molar-refractivity contribution in [2.75, 3.05) is 6.54 Å². The van der Waals surface area contributed by atoms with E-state index in [1.165, 1.54) is 66.3 Å². The van der Waals surface area contributed by atoms with Gasteiger partial charge in [-0.05, 0) is 65.3 Å². The normalized spacial score (nSPS) is 20.8. The number of unbranched alkanes of at least 4 members (excludes halogenated alkanes) is 2. The summed E-state index contributed by atoms with van der Waals surface area (Å²) in [6, 6.07) is 8.42. The van der Waals surface area contributed by atoms with E-state index >= 15 is 0 Å². The SMILES string of the molecule is CCCCC(CCCC)c1cc(C)c2c(c1)C=[N+]1CC(C)(C)[N+]3=Cc4cc(C(C)(C)C)cc(C(C)(C)C)c4OC13O2. The van der Waals surface area contributed by atoms with Crippen LogP contribution in [0.4, 0.5) is 0 Å². The van der Waals surface area contributed by atoms with Crippen molar-refractivity contribution >= 4 is 12.4 Å². The quantitative estimate of drug-likeness (QED) is 0.317. The Hall–Kier alpha value is -2.62. The summed E-state index contributed by atoms with van der Waals surface area (Å²) in [5, 5.41) is 0. The van der Waals surface area contributed by atoms with Crippen molar-refractivity contribution in [1.29, 1.82) is 0 Å². The standard InChI is InChI=1S/C37H54N2O2/c1-12-14-16-26(17-15-13-2)27-18-25(3)32-28(19-27)22-38-24-36(10,11)39-23-29-20-30(34(4,5)6)21-31(35(7,8)9)33(29)41-37(38,39)40-32/h18-23,26H,12-17,24H2,1-11H3/q+2. The summed E-state index contributed by atoms with van der Waals surface area (Å²) < 4.78 is 18.9. The van der Waals surface area contributed by atoms with Crippen molar-refractivity contribution in [3.63, 3.8) is 0 Å². The lowest BCUT2D eigenvalue weighted by Gasteiger charge is -2.33. The molecule has 41 heavy (non-hydrogen) atoms. The zero-order valence-corrected chi connectivity index (χ0v) is 27.7. The second kappa shape index (κ2) is 10.3. The lowest BCUT2D eigenvalue weighted by molar-refractivity contribution is -0.867. The molecule has 1 saturated heterocycles. The number of fused-ring (bicyclic) bond motifs is 2. The van der Waals surface area contributed by atoms with E-state index in [9.17, 15) is 0 Å². The molecule has 1 fully saturated rings. The first-order chi connectivity index (χ1) is 19.1. The van der Waals surface area contributed by atoms with Crippen LogP contribution < -0.4 is 9.47 Å². The minimum Gasteiger partial charge on any atom is -0.340 e. The molecule has 1 atom stereocenters. The Morgan fingerprint density at radius 3 is 2.00 bits per heavy atom. The molecule has 3 aliphatic rings. The molecule has 0 aliphatic carbocycles. The van der Waals surface area contributed by atoms with Gasteiger partial charge in [-0.3, -0.25) is 0 Å². The smallest absolute Gasteiger partial charge is 0.340 e. The van der Waals surface area contributed by atoms with Gasteiger partial charge in [-0.1, -0.05) is 102 Å². The minimum absolute atomic E-state index is 0.0412. The van der Waals surface area contributed by atoms with Gasteiger partial charge in [-0.15, -0.1) is 0 Å². The van der Waals surface area contributed by atoms with E-state index in [0.29, 0.717) is 5.92 Å². The third-order valence-electron chi connectivity index (χ3n) is 9.31. The van der Waals surface area contributed by atoms with Crippen LogP contribution >= 0.6 is 0 Å². The lowest BCUT2D eigenvalue weighted by atomic mass is 9.79. The van der Waals surface area contributed by atoms with Crippen LogP contribution in [0, 0.1) is 6.92 Å². The molecule has 2 aromatic rings. The van der Waals surface area contributed by atoms with Gasteiger partial charge in [0.05, 0.1) is 11.1 Å². The first-order valence-corrected chi connectivity index (χ1v) is 16.1. The lowest BCUT2D eigenvalue weighted by Crippen LogP contribution is -2.61. The molecule has 0 aromatic heterocycles. The third-order valence-corrected chi connectivity index (χ3v) is 9.31. The average molecular weight is 559 g/mol. The van der Waals surface area contributed by atoms with E-state index in [1.54, 1.807) is 0 Å². The maximum Gasteiger partial charge on any atom is 0.704 e. The zero-order chi connectivity index (χ0) is 30.0. The Labute approximate surface area is 249 Å². The highest BCUT2D eigenvalue weighted by Crippen LogP contribution is 2.47. The van der Waals surface area contributed by atoms with Crippen LogP contribution in [-0.2, 0) is 10.8 Å². The first-order valence-electron chi connectivity index (χ1n) is 16.1. The topological polar surface area (TPSA) is 24.5 Å². The average Bonchev–Trinajstić information content (AvgIpc) is 3.09. The molecular formula is C37H54N2O2+2. The Kier molecular flexibility index (Phi) is 7.48. The summed E-state index contributed by atoms with van der Waals surface area (Å²) >= 11 is 0. The monoisotopic (exact) mass is 558 g/mol. The largest absolute Gasteiger partial charge is 0.704 e. The summed E-state index contributed by atoms with van der Waals surface area (Å²) in [6.07, 6.45) is 12.2. The Balaban J connectivity index is 1.64. The van der Waals surface area contributed by atoms with Gasteiger partial charge in [-0.25, -0.2) is 0 Å². The fourth-order valence-corrected chi connectivity index (χ4v) is 6.84. The van der Waals surface area contributed by atoms with E-state index in [-0.39, 0.29) is 16.4 Å². The fraction of sp³-hybridized carbons (Fsp3) is 0.622. The van der Waals surface area contributed by atoms with E-state index in [1.807, 2.05) is 0 Å². The molecule has 5 rings (SSSR count). The maximum absolute atomic E-state index is 7.17. The zero-order valence-electron chi connectivity index (χ0n) is 27.7. The molecule has 0 N–H and O–H groups in total. The molecule has 0 bridgehead atoms. The molecule has 0 saturated carbocycles. The van der Waals surface area contributed by atoms with Gasteiger partial charge in [-0.2, -0.15) is 0 Å². The third kappa shape index (κ3) is 5.25. The number of ether oxygens (including phenoxy) is 2. The Bertz CT molecular complexity index is 1390. The number of hydrogen-bond donors (Lipinski definition) is 0. The highest BCUT2D eigenvalue weighted by molar-refractivity contribution is 5.85. The van der Waals surface area contributed by atoms with Crippen LogP contribution in [-0.4, -0.2) is 39.7 Å². The summed E-state index contributed by atoms with van der Waals surface area (Å²) in [6.45, 7) is 25.9. The van der Waals surface area contributed by atoms with Gasteiger partial charge in [0.1, 0.15) is 0 Å². The second-order valence-corrected chi connectivity index (χ2v) is 15.5. The summed E-state index contributed by atoms with van der Waals surface area (Å²) in [5.41, 5.74) is 7.30. The van der Waals surface area contributed by atoms with Crippen LogP contribution in [0.15, 0.2) is 24.3 Å². The van der Waals surface area contributed by atoms with Crippen molar-refractivity contribution in [2.45, 2.75) is 143 Å². The molecule has 4 heteroatoms. The Morgan fingerprint density at radius 2 is 1.41 bits per heavy atom. The molecule has 0 amide bonds. The fourth-order valence-electron chi connectivity index (χ4n) is 6.84. The number of nitrogens with zero attached hydrogens (tertiary/aromatic N) is 2. The summed E-state index contributed by atoms with van der Waals surface area (Å²) in [5.74, 6) is 2.49. The van der Waals surface area contributed by atoms with E-state index in [2.05, 4.69) is 122 Å². The maximum atomic E-state index is 7.17. The molecular weight excluding hydrogens is 504 g/mol. The van der Waals surface area contributed by atoms with Crippen LogP contribution in [0.2, 0.25) is 0 Å². The number of hydrogen-bond acceptors (Lipinski definition) is 2. The molecule has 222 valence electrons. The minimum atomic E-state index is -1.04. The van der Waals surface area contributed by atoms with Gasteiger partial charge < -0.3 is 9.47 Å². The highest BCUT2D eigenvalue weighted by Gasteiger charge is 2.75. The summed E-state index contributed by atoms with van der Waals surface area (Å²) in [4.78, 5) is 0. The van der Waals surface area contributed by atoms with Crippen LogP contribution in [0.1, 0.15) is 147 Å². The van der Waals surface area contributed by atoms with Crippen LogP contribution in [0.25, 0.3) is 0 Å².